The summed E-state index contributed by atoms with van der Waals surface area (Å²) in [7, 11) is 0. The van der Waals surface area contributed by atoms with Crippen molar-refractivity contribution in [2.24, 2.45) is 0 Å². The minimum absolute atomic E-state index is 0.0476. The summed E-state index contributed by atoms with van der Waals surface area (Å²) < 4.78 is 26.9. The zero-order chi connectivity index (χ0) is 17.7. The topological polar surface area (TPSA) is 66.4 Å². The van der Waals surface area contributed by atoms with E-state index in [-0.39, 0.29) is 6.61 Å². The first-order chi connectivity index (χ1) is 11.8. The molecule has 0 spiro atoms. The van der Waals surface area contributed by atoms with Gasteiger partial charge in [0, 0.05) is 0 Å². The Morgan fingerprint density at radius 1 is 0.667 bits per heavy atom. The molecule has 0 amide bonds. The maximum atomic E-state index is 8.52. The van der Waals surface area contributed by atoms with Gasteiger partial charge in [-0.2, -0.15) is 0 Å². The molecule has 0 saturated heterocycles. The van der Waals surface area contributed by atoms with Crippen LogP contribution in [0.5, 0.6) is 0 Å². The van der Waals surface area contributed by atoms with Crippen molar-refractivity contribution in [2.75, 3.05) is 66.1 Å². The number of hydrogen-bond donors (Lipinski definition) is 1. The number of aliphatic hydroxyl groups is 1. The van der Waals surface area contributed by atoms with Crippen LogP contribution in [0.3, 0.4) is 0 Å². The summed E-state index contributed by atoms with van der Waals surface area (Å²) in [5, 5.41) is 8.52. The maximum Gasteiger partial charge on any atom is 0.0704 e. The van der Waals surface area contributed by atoms with Crippen molar-refractivity contribution >= 4 is 0 Å². The van der Waals surface area contributed by atoms with E-state index in [0.29, 0.717) is 65.6 Å². The molecule has 0 aromatic rings. The van der Waals surface area contributed by atoms with E-state index in [2.05, 4.69) is 13.8 Å². The van der Waals surface area contributed by atoms with Crippen LogP contribution in [0.15, 0.2) is 0 Å². The third-order valence-electron chi connectivity index (χ3n) is 3.45. The van der Waals surface area contributed by atoms with Crippen molar-refractivity contribution in [2.45, 2.75) is 52.1 Å². The summed E-state index contributed by atoms with van der Waals surface area (Å²) in [4.78, 5) is 0. The predicted molar refractivity (Wildman–Crippen MR) is 94.5 cm³/mol. The third kappa shape index (κ3) is 19.8. The molecule has 0 aromatic heterocycles. The van der Waals surface area contributed by atoms with Crippen LogP contribution in [0.25, 0.3) is 0 Å². The fourth-order valence-electron chi connectivity index (χ4n) is 2.08. The third-order valence-corrected chi connectivity index (χ3v) is 3.45. The molecule has 0 fully saturated rings. The molecule has 0 bridgehead atoms. The first kappa shape index (κ1) is 23.8. The Kier molecular flexibility index (Phi) is 20.6. The highest BCUT2D eigenvalue weighted by atomic mass is 16.6. The lowest BCUT2D eigenvalue weighted by atomic mass is 10.1. The fraction of sp³-hybridized carbons (Fsp3) is 1.00. The van der Waals surface area contributed by atoms with E-state index in [9.17, 15) is 0 Å². The molecule has 6 heteroatoms. The zero-order valence-corrected chi connectivity index (χ0v) is 15.7. The van der Waals surface area contributed by atoms with Crippen LogP contribution in [-0.4, -0.2) is 77.3 Å². The average Bonchev–Trinajstić information content (AvgIpc) is 2.59. The molecule has 1 unspecified atom stereocenters. The second kappa shape index (κ2) is 20.8. The SMILES string of the molecule is CCCCCCC(C)OCCOCCOCCOCCOCCO. The van der Waals surface area contributed by atoms with E-state index in [0.717, 1.165) is 6.42 Å². The molecule has 0 aliphatic rings. The monoisotopic (exact) mass is 350 g/mol. The smallest absolute Gasteiger partial charge is 0.0704 e. The second-order valence-electron chi connectivity index (χ2n) is 5.70. The van der Waals surface area contributed by atoms with Gasteiger partial charge >= 0.3 is 0 Å². The van der Waals surface area contributed by atoms with Crippen LogP contribution in [0.4, 0.5) is 0 Å². The summed E-state index contributed by atoms with van der Waals surface area (Å²) in [6.45, 7) is 9.28. The Labute approximate surface area is 147 Å². The van der Waals surface area contributed by atoms with Gasteiger partial charge in [-0.05, 0) is 13.3 Å². The molecule has 0 saturated carbocycles. The maximum absolute atomic E-state index is 8.52. The van der Waals surface area contributed by atoms with E-state index in [1.807, 2.05) is 0 Å². The van der Waals surface area contributed by atoms with Crippen LogP contribution in [0.2, 0.25) is 0 Å². The van der Waals surface area contributed by atoms with Crippen molar-refractivity contribution in [3.63, 3.8) is 0 Å². The summed E-state index contributed by atoms with van der Waals surface area (Å²) in [5.41, 5.74) is 0. The van der Waals surface area contributed by atoms with E-state index in [1.54, 1.807) is 0 Å². The molecule has 0 aliphatic heterocycles. The minimum Gasteiger partial charge on any atom is -0.394 e. The second-order valence-corrected chi connectivity index (χ2v) is 5.70. The quantitative estimate of drug-likeness (QED) is 0.340. The highest BCUT2D eigenvalue weighted by Crippen LogP contribution is 2.07. The molecule has 0 aliphatic carbocycles. The molecule has 0 radical (unpaired) electrons. The summed E-state index contributed by atoms with van der Waals surface area (Å²) in [6.07, 6.45) is 6.60. The Balaban J connectivity index is 3.06. The van der Waals surface area contributed by atoms with Gasteiger partial charge in [-0.15, -0.1) is 0 Å². The normalized spacial score (nSPS) is 12.6. The molecule has 1 atom stereocenters. The van der Waals surface area contributed by atoms with Crippen LogP contribution in [0, 0.1) is 0 Å². The van der Waals surface area contributed by atoms with Crippen LogP contribution >= 0.6 is 0 Å². The Hall–Kier alpha value is -0.240. The molecular weight excluding hydrogens is 312 g/mol. The zero-order valence-electron chi connectivity index (χ0n) is 15.7. The first-order valence-corrected chi connectivity index (χ1v) is 9.34. The van der Waals surface area contributed by atoms with Gasteiger partial charge in [0.05, 0.1) is 72.2 Å². The van der Waals surface area contributed by atoms with Gasteiger partial charge in [0.25, 0.3) is 0 Å². The standard InChI is InChI=1S/C18H38O6/c1-3-4-5-6-7-18(2)24-17-16-23-15-14-22-13-12-21-11-10-20-9-8-19/h18-19H,3-17H2,1-2H3. The van der Waals surface area contributed by atoms with Gasteiger partial charge in [0.15, 0.2) is 0 Å². The molecular formula is C18H38O6. The minimum atomic E-state index is 0.0476. The van der Waals surface area contributed by atoms with Crippen molar-refractivity contribution in [1.29, 1.82) is 0 Å². The average molecular weight is 350 g/mol. The molecule has 0 heterocycles. The van der Waals surface area contributed by atoms with E-state index in [4.69, 9.17) is 28.8 Å². The first-order valence-electron chi connectivity index (χ1n) is 9.34. The van der Waals surface area contributed by atoms with Crippen molar-refractivity contribution in [1.82, 2.24) is 0 Å². The number of aliphatic hydroxyl groups excluding tert-OH is 1. The van der Waals surface area contributed by atoms with Crippen LogP contribution in [-0.2, 0) is 23.7 Å². The molecule has 6 nitrogen and oxygen atoms in total. The van der Waals surface area contributed by atoms with E-state index in [1.165, 1.54) is 25.7 Å². The van der Waals surface area contributed by atoms with Gasteiger partial charge in [-0.25, -0.2) is 0 Å². The summed E-state index contributed by atoms with van der Waals surface area (Å²) in [5.74, 6) is 0. The van der Waals surface area contributed by atoms with Gasteiger partial charge in [-0.3, -0.25) is 0 Å². The summed E-state index contributed by atoms with van der Waals surface area (Å²) >= 11 is 0. The van der Waals surface area contributed by atoms with Gasteiger partial charge in [-0.1, -0.05) is 32.6 Å². The number of rotatable bonds is 20. The van der Waals surface area contributed by atoms with Crippen LogP contribution in [0.1, 0.15) is 46.0 Å². The number of hydrogen-bond acceptors (Lipinski definition) is 6. The van der Waals surface area contributed by atoms with E-state index < -0.39 is 0 Å². The lowest BCUT2D eigenvalue weighted by Crippen LogP contribution is -2.15. The highest BCUT2D eigenvalue weighted by molar-refractivity contribution is 4.51. The fourth-order valence-corrected chi connectivity index (χ4v) is 2.08. The number of unbranched alkanes of at least 4 members (excludes halogenated alkanes) is 3. The Morgan fingerprint density at radius 2 is 1.17 bits per heavy atom. The van der Waals surface area contributed by atoms with Gasteiger partial charge in [0.2, 0.25) is 0 Å². The van der Waals surface area contributed by atoms with Crippen molar-refractivity contribution in [3.8, 4) is 0 Å². The molecule has 0 aromatic carbocycles. The largest absolute Gasteiger partial charge is 0.394 e. The predicted octanol–water partition coefficient (Wildman–Crippen LogP) is 2.42. The lowest BCUT2D eigenvalue weighted by Gasteiger charge is -2.13. The molecule has 146 valence electrons. The van der Waals surface area contributed by atoms with Crippen molar-refractivity contribution < 1.29 is 28.8 Å². The van der Waals surface area contributed by atoms with Crippen molar-refractivity contribution in [3.05, 3.63) is 0 Å². The lowest BCUT2D eigenvalue weighted by molar-refractivity contribution is -0.0223. The number of ether oxygens (including phenoxy) is 5. The van der Waals surface area contributed by atoms with Gasteiger partial charge in [0.1, 0.15) is 0 Å². The highest BCUT2D eigenvalue weighted by Gasteiger charge is 2.01. The van der Waals surface area contributed by atoms with E-state index >= 15 is 0 Å². The molecule has 0 rings (SSSR count). The molecule has 24 heavy (non-hydrogen) atoms. The van der Waals surface area contributed by atoms with Crippen LogP contribution < -0.4 is 0 Å². The Morgan fingerprint density at radius 3 is 1.67 bits per heavy atom. The van der Waals surface area contributed by atoms with Gasteiger partial charge < -0.3 is 28.8 Å². The molecule has 1 N–H and O–H groups in total. The Bertz CT molecular complexity index is 228. The summed E-state index contributed by atoms with van der Waals surface area (Å²) in [6, 6.07) is 0.